The van der Waals surface area contributed by atoms with E-state index in [0.717, 1.165) is 25.7 Å². The summed E-state index contributed by atoms with van der Waals surface area (Å²) in [6.45, 7) is 0.0400. The van der Waals surface area contributed by atoms with E-state index < -0.39 is 10.7 Å². The third kappa shape index (κ3) is 3.38. The second kappa shape index (κ2) is 6.66. The Balaban J connectivity index is 2.27. The van der Waals surface area contributed by atoms with E-state index in [-0.39, 0.29) is 33.5 Å². The van der Waals surface area contributed by atoms with Gasteiger partial charge in [-0.15, -0.1) is 0 Å². The van der Waals surface area contributed by atoms with Crippen LogP contribution in [0.25, 0.3) is 0 Å². The van der Waals surface area contributed by atoms with Crippen LogP contribution in [0.2, 0.25) is 0 Å². The van der Waals surface area contributed by atoms with E-state index in [4.69, 9.17) is 0 Å². The first-order valence-electron chi connectivity index (χ1n) is 6.53. The Hall–Kier alpha value is -0.960. The maximum Gasteiger partial charge on any atom is 0.293 e. The lowest BCUT2D eigenvalue weighted by atomic mass is 9.85. The predicted octanol–water partition coefficient (Wildman–Crippen LogP) is 3.30. The number of halogens is 2. The van der Waals surface area contributed by atoms with Crippen LogP contribution in [0.5, 0.6) is 0 Å². The molecule has 1 aliphatic carbocycles. The number of nitro groups is 1. The molecule has 0 spiro atoms. The molecule has 2 rings (SSSR count). The topological polar surface area (TPSA) is 75.4 Å². The van der Waals surface area contributed by atoms with Gasteiger partial charge in [-0.1, -0.05) is 12.8 Å². The summed E-state index contributed by atoms with van der Waals surface area (Å²) in [7, 11) is 0. The van der Waals surface area contributed by atoms with Crippen molar-refractivity contribution in [2.75, 3.05) is 11.9 Å². The van der Waals surface area contributed by atoms with Gasteiger partial charge < -0.3 is 10.4 Å². The number of rotatable bonds is 4. The van der Waals surface area contributed by atoms with Crippen molar-refractivity contribution >= 4 is 34.0 Å². The molecule has 2 N–H and O–H groups in total. The smallest absolute Gasteiger partial charge is 0.293 e. The van der Waals surface area contributed by atoms with E-state index in [2.05, 4.69) is 5.32 Å². The van der Waals surface area contributed by atoms with Crippen LogP contribution in [0.3, 0.4) is 0 Å². The molecule has 0 aliphatic heterocycles. The van der Waals surface area contributed by atoms with Gasteiger partial charge in [0.25, 0.3) is 5.69 Å². The summed E-state index contributed by atoms with van der Waals surface area (Å²) in [6.07, 6.45) is 3.77. The molecule has 0 radical (unpaired) electrons. The number of anilines is 1. The van der Waals surface area contributed by atoms with E-state index >= 15 is 0 Å². The van der Waals surface area contributed by atoms with Crippen molar-refractivity contribution in [3.63, 3.8) is 0 Å². The Morgan fingerprint density at radius 3 is 2.80 bits per heavy atom. The molecule has 1 aromatic carbocycles. The van der Waals surface area contributed by atoms with Crippen molar-refractivity contribution in [2.45, 2.75) is 31.7 Å². The minimum Gasteiger partial charge on any atom is -0.396 e. The molecular formula is C13H16FIN2O3. The molecule has 0 aromatic heterocycles. The monoisotopic (exact) mass is 394 g/mol. The van der Waals surface area contributed by atoms with Crippen LogP contribution < -0.4 is 5.32 Å². The quantitative estimate of drug-likeness (QED) is 0.467. The summed E-state index contributed by atoms with van der Waals surface area (Å²) in [6, 6.07) is 2.35. The van der Waals surface area contributed by atoms with Gasteiger partial charge >= 0.3 is 0 Å². The number of hydrogen-bond acceptors (Lipinski definition) is 4. The van der Waals surface area contributed by atoms with Gasteiger partial charge in [-0.2, -0.15) is 0 Å². The highest BCUT2D eigenvalue weighted by Crippen LogP contribution is 2.33. The third-order valence-corrected chi connectivity index (χ3v) is 4.55. The summed E-state index contributed by atoms with van der Waals surface area (Å²) in [5.41, 5.74) is 0.0660. The maximum atomic E-state index is 13.6. The fourth-order valence-corrected chi connectivity index (χ4v) is 3.07. The summed E-state index contributed by atoms with van der Waals surface area (Å²) in [4.78, 5) is 10.6. The Kier molecular flexibility index (Phi) is 5.14. The highest BCUT2D eigenvalue weighted by Gasteiger charge is 2.27. The van der Waals surface area contributed by atoms with Gasteiger partial charge in [0.2, 0.25) is 0 Å². The molecule has 7 heteroatoms. The second-order valence-corrected chi connectivity index (χ2v) is 6.18. The lowest BCUT2D eigenvalue weighted by Crippen LogP contribution is -2.34. The van der Waals surface area contributed by atoms with Gasteiger partial charge in [-0.3, -0.25) is 10.1 Å². The van der Waals surface area contributed by atoms with Crippen LogP contribution >= 0.6 is 22.6 Å². The molecule has 1 aromatic rings. The fraction of sp³-hybridized carbons (Fsp3) is 0.538. The molecule has 110 valence electrons. The standard InChI is InChI=1S/C13H16FIN2O3/c14-9-5-12(13(17(19)20)6-10(9)15)16-11-4-2-1-3-8(11)7-18/h5-6,8,11,16,18H,1-4,7H2. The fourth-order valence-electron chi connectivity index (χ4n) is 2.62. The number of aliphatic hydroxyl groups excluding tert-OH is 1. The molecule has 0 bridgehead atoms. The van der Waals surface area contributed by atoms with Crippen LogP contribution in [-0.4, -0.2) is 22.7 Å². The van der Waals surface area contributed by atoms with E-state index in [9.17, 15) is 19.6 Å². The zero-order valence-corrected chi connectivity index (χ0v) is 13.0. The Morgan fingerprint density at radius 2 is 2.15 bits per heavy atom. The molecule has 1 aliphatic rings. The summed E-state index contributed by atoms with van der Waals surface area (Å²) in [5.74, 6) is -0.416. The number of aliphatic hydroxyl groups is 1. The zero-order chi connectivity index (χ0) is 14.7. The van der Waals surface area contributed by atoms with E-state index in [1.807, 2.05) is 0 Å². The van der Waals surface area contributed by atoms with E-state index in [1.165, 1.54) is 12.1 Å². The second-order valence-electron chi connectivity index (χ2n) is 5.02. The van der Waals surface area contributed by atoms with Crippen LogP contribution in [0, 0.1) is 25.4 Å². The first-order valence-corrected chi connectivity index (χ1v) is 7.61. The van der Waals surface area contributed by atoms with Crippen molar-refractivity contribution < 1.29 is 14.4 Å². The molecule has 0 amide bonds. The molecule has 1 saturated carbocycles. The van der Waals surface area contributed by atoms with Crippen molar-refractivity contribution in [1.82, 2.24) is 0 Å². The molecule has 0 heterocycles. The number of benzene rings is 1. The van der Waals surface area contributed by atoms with Crippen LogP contribution in [-0.2, 0) is 0 Å². The van der Waals surface area contributed by atoms with Gasteiger partial charge in [0, 0.05) is 30.7 Å². The van der Waals surface area contributed by atoms with Crippen molar-refractivity contribution in [2.24, 2.45) is 5.92 Å². The Bertz CT molecular complexity index is 513. The van der Waals surface area contributed by atoms with Crippen LogP contribution in [0.4, 0.5) is 15.8 Å². The summed E-state index contributed by atoms with van der Waals surface area (Å²) >= 11 is 1.74. The minimum absolute atomic E-state index is 0.0400. The number of hydrogen-bond donors (Lipinski definition) is 2. The van der Waals surface area contributed by atoms with Crippen LogP contribution in [0.15, 0.2) is 12.1 Å². The first kappa shape index (κ1) is 15.4. The van der Waals surface area contributed by atoms with E-state index in [0.29, 0.717) is 0 Å². The Labute approximate surface area is 129 Å². The van der Waals surface area contributed by atoms with Gasteiger partial charge in [0.1, 0.15) is 11.5 Å². The average Bonchev–Trinajstić information content (AvgIpc) is 2.43. The minimum atomic E-state index is -0.513. The highest BCUT2D eigenvalue weighted by molar-refractivity contribution is 14.1. The Morgan fingerprint density at radius 1 is 1.45 bits per heavy atom. The van der Waals surface area contributed by atoms with Gasteiger partial charge in [0.05, 0.1) is 8.49 Å². The summed E-state index contributed by atoms with van der Waals surface area (Å²) in [5, 5.41) is 23.5. The predicted molar refractivity (Wildman–Crippen MR) is 82.2 cm³/mol. The molecule has 1 fully saturated rings. The number of nitrogens with zero attached hydrogens (tertiary/aromatic N) is 1. The number of nitrogens with one attached hydrogen (secondary N) is 1. The van der Waals surface area contributed by atoms with Crippen molar-refractivity contribution in [3.05, 3.63) is 31.6 Å². The molecular weight excluding hydrogens is 378 g/mol. The SMILES string of the molecule is O=[N+]([O-])c1cc(I)c(F)cc1NC1CCCCC1CO. The largest absolute Gasteiger partial charge is 0.396 e. The highest BCUT2D eigenvalue weighted by atomic mass is 127. The number of nitro benzene ring substituents is 1. The molecule has 20 heavy (non-hydrogen) atoms. The van der Waals surface area contributed by atoms with Crippen LogP contribution in [0.1, 0.15) is 25.7 Å². The third-order valence-electron chi connectivity index (χ3n) is 3.72. The maximum absolute atomic E-state index is 13.6. The zero-order valence-electron chi connectivity index (χ0n) is 10.8. The normalized spacial score (nSPS) is 22.6. The van der Waals surface area contributed by atoms with Crippen molar-refractivity contribution in [3.8, 4) is 0 Å². The average molecular weight is 394 g/mol. The van der Waals surface area contributed by atoms with Gasteiger partial charge in [-0.05, 0) is 35.4 Å². The lowest BCUT2D eigenvalue weighted by molar-refractivity contribution is -0.384. The first-order chi connectivity index (χ1) is 9.52. The van der Waals surface area contributed by atoms with Gasteiger partial charge in [-0.25, -0.2) is 4.39 Å². The van der Waals surface area contributed by atoms with Gasteiger partial charge in [0.15, 0.2) is 0 Å². The lowest BCUT2D eigenvalue weighted by Gasteiger charge is -2.31. The van der Waals surface area contributed by atoms with Crippen molar-refractivity contribution in [1.29, 1.82) is 0 Å². The molecule has 2 unspecified atom stereocenters. The molecule has 0 saturated heterocycles. The molecule has 5 nitrogen and oxygen atoms in total. The van der Waals surface area contributed by atoms with E-state index in [1.54, 1.807) is 22.6 Å². The molecule has 2 atom stereocenters. The summed E-state index contributed by atoms with van der Waals surface area (Å²) < 4.78 is 13.9.